The van der Waals surface area contributed by atoms with Crippen molar-refractivity contribution in [3.63, 3.8) is 0 Å². The van der Waals surface area contributed by atoms with E-state index in [0.717, 1.165) is 18.5 Å². The van der Waals surface area contributed by atoms with E-state index in [2.05, 4.69) is 17.4 Å². The molecule has 5 nitrogen and oxygen atoms in total. The number of nitrogens with zero attached hydrogens (tertiary/aromatic N) is 1. The molecule has 2 fully saturated rings. The number of benzene rings is 2. The summed E-state index contributed by atoms with van der Waals surface area (Å²) in [6, 6.07) is 17.4. The Morgan fingerprint density at radius 2 is 1.83 bits per heavy atom. The lowest BCUT2D eigenvalue weighted by Crippen LogP contribution is -2.46. The standard InChI is InChI=1S/C23H25ClN2O3S/c24-18-6-8-19(9-7-18)26-15-17(14-21(26)27)22(28)25-16-23(10-12-29-13-11-23)30-20-4-2-1-3-5-20/h1-9,17H,10-16H2,(H,25,28). The molecule has 7 heteroatoms. The number of halogens is 1. The van der Waals surface area contributed by atoms with Gasteiger partial charge in [-0.2, -0.15) is 0 Å². The number of ether oxygens (including phenoxy) is 1. The summed E-state index contributed by atoms with van der Waals surface area (Å²) in [7, 11) is 0. The van der Waals surface area contributed by atoms with Crippen molar-refractivity contribution in [1.29, 1.82) is 0 Å². The van der Waals surface area contributed by atoms with Crippen molar-refractivity contribution in [3.8, 4) is 0 Å². The van der Waals surface area contributed by atoms with Crippen LogP contribution in [0.15, 0.2) is 59.5 Å². The van der Waals surface area contributed by atoms with E-state index in [0.29, 0.717) is 31.3 Å². The van der Waals surface area contributed by atoms with Crippen LogP contribution in [0.1, 0.15) is 19.3 Å². The average Bonchev–Trinajstić information content (AvgIpc) is 3.16. The lowest BCUT2D eigenvalue weighted by atomic mass is 9.98. The molecule has 2 aliphatic heterocycles. The zero-order valence-electron chi connectivity index (χ0n) is 16.7. The fraction of sp³-hybridized carbons (Fsp3) is 0.391. The van der Waals surface area contributed by atoms with Crippen molar-refractivity contribution in [2.24, 2.45) is 5.92 Å². The van der Waals surface area contributed by atoms with Gasteiger partial charge in [0.05, 0.1) is 5.92 Å². The van der Waals surface area contributed by atoms with Crippen molar-refractivity contribution in [3.05, 3.63) is 59.6 Å². The van der Waals surface area contributed by atoms with E-state index in [4.69, 9.17) is 16.3 Å². The Hall–Kier alpha value is -2.02. The first kappa shape index (κ1) is 21.2. The van der Waals surface area contributed by atoms with Gasteiger partial charge in [-0.1, -0.05) is 29.8 Å². The lowest BCUT2D eigenvalue weighted by molar-refractivity contribution is -0.126. The second-order valence-electron chi connectivity index (χ2n) is 7.81. The van der Waals surface area contributed by atoms with Gasteiger partial charge >= 0.3 is 0 Å². The molecular weight excluding hydrogens is 420 g/mol. The largest absolute Gasteiger partial charge is 0.381 e. The van der Waals surface area contributed by atoms with E-state index in [-0.39, 0.29) is 28.9 Å². The second kappa shape index (κ2) is 9.41. The molecule has 0 radical (unpaired) electrons. The number of amides is 2. The zero-order valence-corrected chi connectivity index (χ0v) is 18.3. The number of nitrogens with one attached hydrogen (secondary N) is 1. The van der Waals surface area contributed by atoms with Crippen LogP contribution in [0.3, 0.4) is 0 Å². The molecule has 2 aromatic rings. The molecule has 1 N–H and O–H groups in total. The molecule has 1 unspecified atom stereocenters. The van der Waals surface area contributed by atoms with Gasteiger partial charge in [-0.25, -0.2) is 0 Å². The molecule has 2 heterocycles. The van der Waals surface area contributed by atoms with Crippen LogP contribution in [0.2, 0.25) is 5.02 Å². The van der Waals surface area contributed by atoms with Crippen LogP contribution in [0, 0.1) is 5.92 Å². The third kappa shape index (κ3) is 4.99. The van der Waals surface area contributed by atoms with E-state index < -0.39 is 0 Å². The summed E-state index contributed by atoms with van der Waals surface area (Å²) in [6.07, 6.45) is 2.00. The Morgan fingerprint density at radius 3 is 2.53 bits per heavy atom. The van der Waals surface area contributed by atoms with Gasteiger partial charge in [-0.3, -0.25) is 9.59 Å². The van der Waals surface area contributed by atoms with Crippen molar-refractivity contribution < 1.29 is 14.3 Å². The summed E-state index contributed by atoms with van der Waals surface area (Å²) >= 11 is 7.75. The third-order valence-electron chi connectivity index (χ3n) is 5.70. The molecule has 1 atom stereocenters. The summed E-state index contributed by atoms with van der Waals surface area (Å²) in [5.74, 6) is -0.428. The molecule has 158 valence electrons. The normalized spacial score (nSPS) is 20.9. The smallest absolute Gasteiger partial charge is 0.227 e. The molecule has 0 saturated carbocycles. The SMILES string of the molecule is O=C(NCC1(Sc2ccccc2)CCOCC1)C1CC(=O)N(c2ccc(Cl)cc2)C1. The van der Waals surface area contributed by atoms with Crippen LogP contribution in [0.5, 0.6) is 0 Å². The molecule has 0 aliphatic carbocycles. The van der Waals surface area contributed by atoms with Crippen LogP contribution < -0.4 is 10.2 Å². The van der Waals surface area contributed by atoms with Crippen molar-refractivity contribution in [2.45, 2.75) is 28.9 Å². The highest BCUT2D eigenvalue weighted by molar-refractivity contribution is 8.00. The van der Waals surface area contributed by atoms with Crippen LogP contribution in [-0.2, 0) is 14.3 Å². The van der Waals surface area contributed by atoms with Crippen molar-refractivity contribution in [1.82, 2.24) is 5.32 Å². The molecule has 0 aromatic heterocycles. The number of thioether (sulfide) groups is 1. The Kier molecular flexibility index (Phi) is 6.66. The summed E-state index contributed by atoms with van der Waals surface area (Å²) in [5.41, 5.74) is 0.778. The van der Waals surface area contributed by atoms with Gasteiger partial charge in [0.1, 0.15) is 0 Å². The molecule has 0 spiro atoms. The second-order valence-corrected chi connectivity index (χ2v) is 9.79. The maximum Gasteiger partial charge on any atom is 0.227 e. The highest BCUT2D eigenvalue weighted by atomic mass is 35.5. The summed E-state index contributed by atoms with van der Waals surface area (Å²) in [5, 5.41) is 3.76. The minimum absolute atomic E-state index is 0.0306. The molecule has 30 heavy (non-hydrogen) atoms. The number of rotatable bonds is 6. The van der Waals surface area contributed by atoms with Crippen LogP contribution in [-0.4, -0.2) is 42.9 Å². The summed E-state index contributed by atoms with van der Waals surface area (Å²) in [4.78, 5) is 28.2. The van der Waals surface area contributed by atoms with Gasteiger partial charge < -0.3 is 15.0 Å². The fourth-order valence-corrected chi connectivity index (χ4v) is 5.38. The van der Waals surface area contributed by atoms with Gasteiger partial charge in [-0.15, -0.1) is 11.8 Å². The number of hydrogen-bond acceptors (Lipinski definition) is 4. The Labute approximate surface area is 186 Å². The maximum absolute atomic E-state index is 12.9. The summed E-state index contributed by atoms with van der Waals surface area (Å²) < 4.78 is 5.48. The van der Waals surface area contributed by atoms with E-state index in [1.54, 1.807) is 17.0 Å². The lowest BCUT2D eigenvalue weighted by Gasteiger charge is -2.37. The Morgan fingerprint density at radius 1 is 1.13 bits per heavy atom. The first-order chi connectivity index (χ1) is 14.5. The molecule has 2 amide bonds. The van der Waals surface area contributed by atoms with E-state index in [9.17, 15) is 9.59 Å². The highest BCUT2D eigenvalue weighted by Crippen LogP contribution is 2.40. The first-order valence-electron chi connectivity index (χ1n) is 10.2. The van der Waals surface area contributed by atoms with Crippen LogP contribution >= 0.6 is 23.4 Å². The molecule has 0 bridgehead atoms. The van der Waals surface area contributed by atoms with E-state index >= 15 is 0 Å². The fourth-order valence-electron chi connectivity index (χ4n) is 3.94. The molecule has 4 rings (SSSR count). The minimum Gasteiger partial charge on any atom is -0.381 e. The first-order valence-corrected chi connectivity index (χ1v) is 11.4. The quantitative estimate of drug-likeness (QED) is 0.727. The maximum atomic E-state index is 12.9. The van der Waals surface area contributed by atoms with Gasteiger partial charge in [0.15, 0.2) is 0 Å². The number of carbonyl (C=O) groups excluding carboxylic acids is 2. The van der Waals surface area contributed by atoms with Gasteiger partial charge in [0.2, 0.25) is 11.8 Å². The predicted octanol–water partition coefficient (Wildman–Crippen LogP) is 4.15. The predicted molar refractivity (Wildman–Crippen MR) is 120 cm³/mol. The molecule has 2 saturated heterocycles. The van der Waals surface area contributed by atoms with Crippen LogP contribution in [0.4, 0.5) is 5.69 Å². The topological polar surface area (TPSA) is 58.6 Å². The molecular formula is C23H25ClN2O3S. The Balaban J connectivity index is 1.39. The van der Waals surface area contributed by atoms with E-state index in [1.165, 1.54) is 4.90 Å². The summed E-state index contributed by atoms with van der Waals surface area (Å²) in [6.45, 7) is 2.36. The van der Waals surface area contributed by atoms with Crippen molar-refractivity contribution >= 4 is 40.9 Å². The number of hydrogen-bond donors (Lipinski definition) is 1. The molecule has 2 aliphatic rings. The highest BCUT2D eigenvalue weighted by Gasteiger charge is 2.38. The van der Waals surface area contributed by atoms with Crippen molar-refractivity contribution in [2.75, 3.05) is 31.2 Å². The third-order valence-corrected chi connectivity index (χ3v) is 7.45. The average molecular weight is 445 g/mol. The number of anilines is 1. The Bertz CT molecular complexity index is 885. The minimum atomic E-state index is -0.341. The van der Waals surface area contributed by atoms with E-state index in [1.807, 2.05) is 42.1 Å². The van der Waals surface area contributed by atoms with Crippen LogP contribution in [0.25, 0.3) is 0 Å². The number of carbonyl (C=O) groups is 2. The zero-order chi connectivity index (χ0) is 21.0. The van der Waals surface area contributed by atoms with Gasteiger partial charge in [-0.05, 0) is 49.2 Å². The molecule has 2 aromatic carbocycles. The van der Waals surface area contributed by atoms with Gasteiger partial charge in [0, 0.05) is 53.1 Å². The van der Waals surface area contributed by atoms with Gasteiger partial charge in [0.25, 0.3) is 0 Å². The monoisotopic (exact) mass is 444 g/mol.